The topological polar surface area (TPSA) is 68.0 Å². The number of nitrogens with zero attached hydrogens (tertiary/aromatic N) is 1. The summed E-state index contributed by atoms with van der Waals surface area (Å²) in [7, 11) is 1.77. The molecule has 1 heterocycles. The van der Waals surface area contributed by atoms with Crippen LogP contribution in [0.5, 0.6) is 5.75 Å². The van der Waals surface area contributed by atoms with Crippen LogP contribution in [-0.2, 0) is 17.9 Å². The molecule has 1 aromatic carbocycles. The highest BCUT2D eigenvalue weighted by Crippen LogP contribution is 2.21. The van der Waals surface area contributed by atoms with Gasteiger partial charge in [0.05, 0.1) is 12.4 Å². The fourth-order valence-electron chi connectivity index (χ4n) is 2.52. The van der Waals surface area contributed by atoms with Crippen LogP contribution < -0.4 is 15.4 Å². The van der Waals surface area contributed by atoms with Crippen molar-refractivity contribution in [3.63, 3.8) is 0 Å². The van der Waals surface area contributed by atoms with Crippen molar-refractivity contribution in [2.75, 3.05) is 20.2 Å². The van der Waals surface area contributed by atoms with Crippen LogP contribution >= 0.6 is 0 Å². The van der Waals surface area contributed by atoms with E-state index >= 15 is 0 Å². The molecule has 0 unspecified atom stereocenters. The number of hydrogen-bond acceptors (Lipinski definition) is 4. The van der Waals surface area contributed by atoms with Crippen LogP contribution in [0.1, 0.15) is 37.2 Å². The van der Waals surface area contributed by atoms with Crippen LogP contribution in [0.25, 0.3) is 0 Å². The lowest BCUT2D eigenvalue weighted by molar-refractivity contribution is 0.105. The van der Waals surface area contributed by atoms with Gasteiger partial charge < -0.3 is 24.5 Å². The summed E-state index contributed by atoms with van der Waals surface area (Å²) in [6.45, 7) is 8.74. The summed E-state index contributed by atoms with van der Waals surface area (Å²) >= 11 is 0. The third-order valence-corrected chi connectivity index (χ3v) is 3.84. The predicted molar refractivity (Wildman–Crippen MR) is 108 cm³/mol. The number of guanidine groups is 1. The van der Waals surface area contributed by atoms with Crippen LogP contribution in [0.2, 0.25) is 0 Å². The number of aryl methyl sites for hydroxylation is 1. The van der Waals surface area contributed by atoms with Gasteiger partial charge in [-0.3, -0.25) is 4.99 Å². The highest BCUT2D eigenvalue weighted by atomic mass is 16.5. The third-order valence-electron chi connectivity index (χ3n) is 3.84. The summed E-state index contributed by atoms with van der Waals surface area (Å²) in [6, 6.07) is 10.0. The molecular weight excluding hydrogens is 342 g/mol. The van der Waals surface area contributed by atoms with Crippen molar-refractivity contribution in [3.8, 4) is 5.75 Å². The van der Waals surface area contributed by atoms with Gasteiger partial charge in [0.2, 0.25) is 0 Å². The van der Waals surface area contributed by atoms with E-state index in [1.165, 1.54) is 5.56 Å². The van der Waals surface area contributed by atoms with Crippen molar-refractivity contribution in [2.45, 2.75) is 46.4 Å². The Labute approximate surface area is 162 Å². The monoisotopic (exact) mass is 373 g/mol. The number of hydrogen-bond donors (Lipinski definition) is 2. The molecule has 1 aromatic heterocycles. The molecule has 2 N–H and O–H groups in total. The smallest absolute Gasteiger partial charge is 0.191 e. The highest BCUT2D eigenvalue weighted by Gasteiger charge is 2.07. The van der Waals surface area contributed by atoms with E-state index in [2.05, 4.69) is 40.7 Å². The summed E-state index contributed by atoms with van der Waals surface area (Å²) in [6.07, 6.45) is 2.68. The van der Waals surface area contributed by atoms with Gasteiger partial charge in [-0.2, -0.15) is 0 Å². The average Bonchev–Trinajstić information content (AvgIpc) is 3.14. The van der Waals surface area contributed by atoms with Crippen molar-refractivity contribution < 1.29 is 13.9 Å². The Morgan fingerprint density at radius 3 is 2.78 bits per heavy atom. The number of ether oxygens (including phenoxy) is 2. The van der Waals surface area contributed by atoms with E-state index in [1.54, 1.807) is 13.3 Å². The molecule has 2 rings (SSSR count). The van der Waals surface area contributed by atoms with E-state index in [0.717, 1.165) is 36.0 Å². The minimum Gasteiger partial charge on any atom is -0.491 e. The first-order valence-electron chi connectivity index (χ1n) is 9.39. The summed E-state index contributed by atoms with van der Waals surface area (Å²) < 4.78 is 16.7. The largest absolute Gasteiger partial charge is 0.491 e. The van der Waals surface area contributed by atoms with Crippen LogP contribution in [-0.4, -0.2) is 32.3 Å². The Kier molecular flexibility index (Phi) is 8.71. The first-order chi connectivity index (χ1) is 13.1. The second-order valence-electron chi connectivity index (χ2n) is 6.62. The first-order valence-corrected chi connectivity index (χ1v) is 9.39. The molecular formula is C21H31N3O3. The van der Waals surface area contributed by atoms with Crippen LogP contribution in [0.3, 0.4) is 0 Å². The zero-order chi connectivity index (χ0) is 19.5. The maximum Gasteiger partial charge on any atom is 0.191 e. The average molecular weight is 373 g/mol. The Morgan fingerprint density at radius 2 is 2.07 bits per heavy atom. The van der Waals surface area contributed by atoms with Crippen molar-refractivity contribution in [3.05, 3.63) is 53.5 Å². The lowest BCUT2D eigenvalue weighted by Gasteiger charge is -2.17. The van der Waals surface area contributed by atoms with Crippen molar-refractivity contribution in [2.24, 2.45) is 4.99 Å². The molecule has 0 radical (unpaired) electrons. The number of furan rings is 1. The van der Waals surface area contributed by atoms with E-state index in [-0.39, 0.29) is 6.10 Å². The predicted octanol–water partition coefficient (Wildman–Crippen LogP) is 3.65. The number of aliphatic imine (C=N–C) groups is 1. The van der Waals surface area contributed by atoms with E-state index in [0.29, 0.717) is 19.8 Å². The summed E-state index contributed by atoms with van der Waals surface area (Å²) in [4.78, 5) is 4.27. The van der Waals surface area contributed by atoms with Gasteiger partial charge in [0.15, 0.2) is 5.96 Å². The van der Waals surface area contributed by atoms with Crippen molar-refractivity contribution in [1.29, 1.82) is 0 Å². The van der Waals surface area contributed by atoms with E-state index in [9.17, 15) is 0 Å². The maximum atomic E-state index is 5.92. The minimum atomic E-state index is 0.143. The van der Waals surface area contributed by atoms with Crippen molar-refractivity contribution >= 4 is 5.96 Å². The lowest BCUT2D eigenvalue weighted by Crippen LogP contribution is -2.37. The maximum absolute atomic E-state index is 5.92. The minimum absolute atomic E-state index is 0.143. The molecule has 0 amide bonds. The molecule has 0 aliphatic heterocycles. The van der Waals surface area contributed by atoms with Gasteiger partial charge >= 0.3 is 0 Å². The number of benzene rings is 1. The van der Waals surface area contributed by atoms with Gasteiger partial charge in [-0.15, -0.1) is 0 Å². The lowest BCUT2D eigenvalue weighted by atomic mass is 10.1. The molecule has 27 heavy (non-hydrogen) atoms. The summed E-state index contributed by atoms with van der Waals surface area (Å²) in [5, 5.41) is 6.63. The molecule has 0 saturated carbocycles. The molecule has 148 valence electrons. The standard InChI is InChI=1S/C21H31N3O3/c1-16(2)27-20-13-17(3)8-9-18(20)14-24-21(22-4)23-10-6-11-25-15-19-7-5-12-26-19/h5,7-9,12-13,16H,6,10-11,14-15H2,1-4H3,(H2,22,23,24). The first kappa shape index (κ1) is 20.8. The molecule has 0 aliphatic rings. The zero-order valence-electron chi connectivity index (χ0n) is 16.7. The molecule has 0 bridgehead atoms. The third kappa shape index (κ3) is 7.74. The molecule has 0 aliphatic carbocycles. The molecule has 2 aromatic rings. The molecule has 0 atom stereocenters. The normalized spacial score (nSPS) is 11.7. The SMILES string of the molecule is CN=C(NCCCOCc1ccco1)NCc1ccc(C)cc1OC(C)C. The second kappa shape index (κ2) is 11.3. The van der Waals surface area contributed by atoms with Gasteiger partial charge in [-0.05, 0) is 51.0 Å². The molecule has 0 saturated heterocycles. The Morgan fingerprint density at radius 1 is 1.22 bits per heavy atom. The summed E-state index contributed by atoms with van der Waals surface area (Å²) in [5.41, 5.74) is 2.30. The van der Waals surface area contributed by atoms with Crippen molar-refractivity contribution in [1.82, 2.24) is 10.6 Å². The molecule has 0 fully saturated rings. The summed E-state index contributed by atoms with van der Waals surface area (Å²) in [5.74, 6) is 2.52. The quantitative estimate of drug-likeness (QED) is 0.378. The van der Waals surface area contributed by atoms with E-state index in [1.807, 2.05) is 26.0 Å². The highest BCUT2D eigenvalue weighted by molar-refractivity contribution is 5.79. The van der Waals surface area contributed by atoms with E-state index in [4.69, 9.17) is 13.9 Å². The van der Waals surface area contributed by atoms with Gasteiger partial charge in [0.25, 0.3) is 0 Å². The fraction of sp³-hybridized carbons (Fsp3) is 0.476. The van der Waals surface area contributed by atoms with Gasteiger partial charge in [-0.25, -0.2) is 0 Å². The van der Waals surface area contributed by atoms with Gasteiger partial charge in [-0.1, -0.05) is 12.1 Å². The Balaban J connectivity index is 1.70. The Bertz CT molecular complexity index is 697. The molecule has 6 heteroatoms. The fourth-order valence-corrected chi connectivity index (χ4v) is 2.52. The molecule has 0 spiro atoms. The van der Waals surface area contributed by atoms with Gasteiger partial charge in [0, 0.05) is 32.3 Å². The van der Waals surface area contributed by atoms with Crippen LogP contribution in [0, 0.1) is 6.92 Å². The van der Waals surface area contributed by atoms with Crippen LogP contribution in [0.4, 0.5) is 0 Å². The van der Waals surface area contributed by atoms with Gasteiger partial charge in [0.1, 0.15) is 18.1 Å². The van der Waals surface area contributed by atoms with E-state index < -0.39 is 0 Å². The van der Waals surface area contributed by atoms with Crippen LogP contribution in [0.15, 0.2) is 46.0 Å². The second-order valence-corrected chi connectivity index (χ2v) is 6.62. The molecule has 6 nitrogen and oxygen atoms in total. The number of rotatable bonds is 10. The number of nitrogens with one attached hydrogen (secondary N) is 2. The zero-order valence-corrected chi connectivity index (χ0v) is 16.7. The Hall–Kier alpha value is -2.47.